The van der Waals surface area contributed by atoms with Gasteiger partial charge in [0, 0.05) is 5.71 Å². The number of nitrogens with one attached hydrogen (secondary N) is 1. The number of hydrazone groups is 1. The van der Waals surface area contributed by atoms with Gasteiger partial charge in [-0.2, -0.15) is 5.10 Å². The molecule has 4 heteroatoms. The van der Waals surface area contributed by atoms with Crippen molar-refractivity contribution in [1.29, 1.82) is 0 Å². The van der Waals surface area contributed by atoms with Gasteiger partial charge in [0.1, 0.15) is 0 Å². The van der Waals surface area contributed by atoms with Gasteiger partial charge in [-0.1, -0.05) is 39.0 Å². The first-order valence-corrected chi connectivity index (χ1v) is 5.75. The maximum Gasteiger partial charge on any atom is 0.332 e. The van der Waals surface area contributed by atoms with E-state index in [4.69, 9.17) is 5.73 Å². The quantitative estimate of drug-likeness (QED) is 0.363. The summed E-state index contributed by atoms with van der Waals surface area (Å²) in [5.74, 6) is 0. The van der Waals surface area contributed by atoms with Crippen LogP contribution in [0, 0.1) is 0 Å². The van der Waals surface area contributed by atoms with E-state index in [0.717, 1.165) is 18.6 Å². The molecule has 0 aromatic heterocycles. The van der Waals surface area contributed by atoms with Crippen molar-refractivity contribution in [3.63, 3.8) is 0 Å². The van der Waals surface area contributed by atoms with Crippen molar-refractivity contribution in [3.05, 3.63) is 0 Å². The fourth-order valence-corrected chi connectivity index (χ4v) is 1.37. The molecule has 3 N–H and O–H groups in total. The lowest BCUT2D eigenvalue weighted by Gasteiger charge is -2.01. The number of hydrogen-bond donors (Lipinski definition) is 2. The van der Waals surface area contributed by atoms with Crippen molar-refractivity contribution >= 4 is 11.7 Å². The number of hydrogen-bond acceptors (Lipinski definition) is 2. The van der Waals surface area contributed by atoms with Gasteiger partial charge in [-0.15, -0.1) is 0 Å². The number of nitrogens with zero attached hydrogens (tertiary/aromatic N) is 1. The van der Waals surface area contributed by atoms with E-state index in [-0.39, 0.29) is 0 Å². The molecule has 0 spiro atoms. The predicted molar refractivity (Wildman–Crippen MR) is 63.8 cm³/mol. The number of primary amides is 1. The van der Waals surface area contributed by atoms with Crippen molar-refractivity contribution in [2.24, 2.45) is 10.8 Å². The minimum atomic E-state index is -0.600. The van der Waals surface area contributed by atoms with Crippen molar-refractivity contribution in [2.75, 3.05) is 0 Å². The highest BCUT2D eigenvalue weighted by molar-refractivity contribution is 5.83. The maximum atomic E-state index is 10.4. The highest BCUT2D eigenvalue weighted by Gasteiger charge is 1.94. The molecule has 0 saturated heterocycles. The van der Waals surface area contributed by atoms with Crippen LogP contribution in [0.4, 0.5) is 4.79 Å². The molecule has 0 unspecified atom stereocenters. The van der Waals surface area contributed by atoms with Gasteiger partial charge in [-0.25, -0.2) is 10.2 Å². The van der Waals surface area contributed by atoms with Crippen LogP contribution >= 0.6 is 0 Å². The Hall–Kier alpha value is -1.06. The SMILES string of the molecule is CCCCCCCC/C(C)=N\NC(N)=O. The van der Waals surface area contributed by atoms with Crippen LogP contribution in [-0.2, 0) is 0 Å². The van der Waals surface area contributed by atoms with Gasteiger partial charge in [-0.05, 0) is 19.8 Å². The van der Waals surface area contributed by atoms with E-state index in [9.17, 15) is 4.79 Å². The lowest BCUT2D eigenvalue weighted by Crippen LogP contribution is -2.25. The van der Waals surface area contributed by atoms with Crippen LogP contribution in [0.25, 0.3) is 0 Å². The molecule has 0 aliphatic rings. The number of amides is 2. The molecule has 0 aliphatic heterocycles. The van der Waals surface area contributed by atoms with Crippen molar-refractivity contribution in [3.8, 4) is 0 Å². The molecular formula is C11H23N3O. The first-order valence-electron chi connectivity index (χ1n) is 5.75. The average molecular weight is 213 g/mol. The third kappa shape index (κ3) is 10.9. The molecule has 0 rings (SSSR count). The Balaban J connectivity index is 3.34. The molecule has 0 atom stereocenters. The maximum absolute atomic E-state index is 10.4. The van der Waals surface area contributed by atoms with Crippen LogP contribution < -0.4 is 11.2 Å². The lowest BCUT2D eigenvalue weighted by molar-refractivity contribution is 0.249. The number of nitrogens with two attached hydrogens (primary N) is 1. The number of carbonyl (C=O) groups is 1. The Kier molecular flexibility index (Phi) is 8.82. The molecule has 0 aromatic carbocycles. The molecule has 15 heavy (non-hydrogen) atoms. The van der Waals surface area contributed by atoms with Gasteiger partial charge in [0.25, 0.3) is 0 Å². The monoisotopic (exact) mass is 213 g/mol. The van der Waals surface area contributed by atoms with Gasteiger partial charge in [-0.3, -0.25) is 0 Å². The van der Waals surface area contributed by atoms with E-state index in [2.05, 4.69) is 17.5 Å². The van der Waals surface area contributed by atoms with Crippen molar-refractivity contribution in [1.82, 2.24) is 5.43 Å². The smallest absolute Gasteiger partial charge is 0.332 e. The molecule has 0 aliphatic carbocycles. The standard InChI is InChI=1S/C11H23N3O/c1-3-4-5-6-7-8-9-10(2)13-14-11(12)15/h3-9H2,1-2H3,(H3,12,14,15)/b13-10-. The molecule has 0 bridgehead atoms. The third-order valence-corrected chi connectivity index (χ3v) is 2.25. The first kappa shape index (κ1) is 13.9. The molecule has 4 nitrogen and oxygen atoms in total. The van der Waals surface area contributed by atoms with Crippen LogP contribution in [0.15, 0.2) is 5.10 Å². The van der Waals surface area contributed by atoms with Gasteiger partial charge in [0.2, 0.25) is 0 Å². The van der Waals surface area contributed by atoms with E-state index in [1.165, 1.54) is 32.1 Å². The summed E-state index contributed by atoms with van der Waals surface area (Å²) in [4.78, 5) is 10.4. The van der Waals surface area contributed by atoms with E-state index in [0.29, 0.717) is 0 Å². The third-order valence-electron chi connectivity index (χ3n) is 2.25. The number of carbonyl (C=O) groups excluding carboxylic acids is 1. The fourth-order valence-electron chi connectivity index (χ4n) is 1.37. The summed E-state index contributed by atoms with van der Waals surface area (Å²) < 4.78 is 0. The topological polar surface area (TPSA) is 67.5 Å². The van der Waals surface area contributed by atoms with Crippen LogP contribution in [0.5, 0.6) is 0 Å². The van der Waals surface area contributed by atoms with Gasteiger partial charge in [0.05, 0.1) is 0 Å². The molecule has 88 valence electrons. The van der Waals surface area contributed by atoms with E-state index < -0.39 is 6.03 Å². The van der Waals surface area contributed by atoms with E-state index >= 15 is 0 Å². The zero-order chi connectivity index (χ0) is 11.5. The lowest BCUT2D eigenvalue weighted by atomic mass is 10.1. The highest BCUT2D eigenvalue weighted by Crippen LogP contribution is 2.07. The van der Waals surface area contributed by atoms with Crippen molar-refractivity contribution in [2.45, 2.75) is 58.8 Å². The minimum Gasteiger partial charge on any atom is -0.350 e. The second-order valence-electron chi connectivity index (χ2n) is 3.84. The Morgan fingerprint density at radius 3 is 2.40 bits per heavy atom. The zero-order valence-electron chi connectivity index (χ0n) is 9.88. The Morgan fingerprint density at radius 1 is 1.20 bits per heavy atom. The van der Waals surface area contributed by atoms with Crippen LogP contribution in [0.2, 0.25) is 0 Å². The second-order valence-corrected chi connectivity index (χ2v) is 3.84. The summed E-state index contributed by atoms with van der Waals surface area (Å²) in [6.07, 6.45) is 8.55. The molecule has 2 amide bonds. The summed E-state index contributed by atoms with van der Waals surface area (Å²) >= 11 is 0. The molecular weight excluding hydrogens is 190 g/mol. The average Bonchev–Trinajstić information content (AvgIpc) is 2.20. The normalized spacial score (nSPS) is 11.5. The Morgan fingerprint density at radius 2 is 1.80 bits per heavy atom. The summed E-state index contributed by atoms with van der Waals surface area (Å²) in [6, 6.07) is -0.600. The molecule has 0 heterocycles. The van der Waals surface area contributed by atoms with Gasteiger partial charge in [0.15, 0.2) is 0 Å². The van der Waals surface area contributed by atoms with Crippen LogP contribution in [0.1, 0.15) is 58.8 Å². The van der Waals surface area contributed by atoms with Crippen LogP contribution in [0.3, 0.4) is 0 Å². The zero-order valence-corrected chi connectivity index (χ0v) is 9.88. The summed E-state index contributed by atoms with van der Waals surface area (Å²) in [7, 11) is 0. The minimum absolute atomic E-state index is 0.600. The molecule has 0 radical (unpaired) electrons. The molecule has 0 saturated carbocycles. The predicted octanol–water partition coefficient (Wildman–Crippen LogP) is 2.78. The number of urea groups is 1. The van der Waals surface area contributed by atoms with E-state index in [1.54, 1.807) is 0 Å². The summed E-state index contributed by atoms with van der Waals surface area (Å²) in [6.45, 7) is 4.12. The fraction of sp³-hybridized carbons (Fsp3) is 0.818. The summed E-state index contributed by atoms with van der Waals surface area (Å²) in [5, 5.41) is 3.85. The summed E-state index contributed by atoms with van der Waals surface area (Å²) in [5.41, 5.74) is 8.06. The molecule has 0 aromatic rings. The Bertz CT molecular complexity index is 202. The number of rotatable bonds is 8. The first-order chi connectivity index (χ1) is 7.16. The van der Waals surface area contributed by atoms with E-state index in [1.807, 2.05) is 6.92 Å². The Labute approximate surface area is 92.3 Å². The van der Waals surface area contributed by atoms with Gasteiger partial charge < -0.3 is 5.73 Å². The second kappa shape index (κ2) is 9.49. The number of unbranched alkanes of at least 4 members (excludes halogenated alkanes) is 5. The van der Waals surface area contributed by atoms with Crippen molar-refractivity contribution < 1.29 is 4.79 Å². The van der Waals surface area contributed by atoms with Gasteiger partial charge >= 0.3 is 6.03 Å². The van der Waals surface area contributed by atoms with Crippen LogP contribution in [-0.4, -0.2) is 11.7 Å². The molecule has 0 fully saturated rings. The largest absolute Gasteiger partial charge is 0.350 e. The highest BCUT2D eigenvalue weighted by atomic mass is 16.2.